The average Bonchev–Trinajstić information content (AvgIpc) is 2.81. The van der Waals surface area contributed by atoms with Gasteiger partial charge >= 0.3 is 6.03 Å². The Hall–Kier alpha value is -2.04. The van der Waals surface area contributed by atoms with E-state index in [1.54, 1.807) is 25.1 Å². The Morgan fingerprint density at radius 1 is 1.00 bits per heavy atom. The molecule has 1 unspecified atom stereocenters. The first kappa shape index (κ1) is 17.8. The Morgan fingerprint density at radius 3 is 2.40 bits per heavy atom. The van der Waals surface area contributed by atoms with Gasteiger partial charge in [0.2, 0.25) is 0 Å². The molecule has 1 fully saturated rings. The number of nitrogens with one attached hydrogen (secondary N) is 1. The predicted molar refractivity (Wildman–Crippen MR) is 98.7 cm³/mol. The molecule has 25 heavy (non-hydrogen) atoms. The predicted octanol–water partition coefficient (Wildman–Crippen LogP) is 4.44. The summed E-state index contributed by atoms with van der Waals surface area (Å²) in [6, 6.07) is 14.6. The van der Waals surface area contributed by atoms with E-state index in [0.29, 0.717) is 22.9 Å². The second-order valence-electron chi connectivity index (χ2n) is 6.39. The lowest BCUT2D eigenvalue weighted by atomic mass is 9.93. The minimum Gasteiger partial charge on any atom is -0.323 e. The van der Waals surface area contributed by atoms with Gasteiger partial charge in [-0.15, -0.1) is 0 Å². The molecule has 130 valence electrons. The average molecular weight is 377 g/mol. The second-order valence-corrected chi connectivity index (χ2v) is 7.20. The van der Waals surface area contributed by atoms with Crippen molar-refractivity contribution in [1.29, 1.82) is 0 Å². The maximum Gasteiger partial charge on any atom is 0.325 e. The number of imide groups is 1. The van der Waals surface area contributed by atoms with Crippen molar-refractivity contribution >= 4 is 35.1 Å². The largest absolute Gasteiger partial charge is 0.325 e. The minimum absolute atomic E-state index is 0.169. The van der Waals surface area contributed by atoms with E-state index in [2.05, 4.69) is 5.32 Å². The molecule has 1 atom stereocenters. The van der Waals surface area contributed by atoms with E-state index in [-0.39, 0.29) is 18.5 Å². The van der Waals surface area contributed by atoms with Crippen LogP contribution in [0, 0.1) is 0 Å². The number of nitrogens with zero attached hydrogens (tertiary/aromatic N) is 1. The van der Waals surface area contributed by atoms with Crippen LogP contribution in [0.5, 0.6) is 0 Å². The van der Waals surface area contributed by atoms with E-state index in [1.165, 1.54) is 4.90 Å². The minimum atomic E-state index is -0.900. The summed E-state index contributed by atoms with van der Waals surface area (Å²) in [4.78, 5) is 26.3. The molecule has 1 aliphatic heterocycles. The number of halogens is 2. The molecule has 0 aromatic heterocycles. The van der Waals surface area contributed by atoms with Crippen molar-refractivity contribution in [1.82, 2.24) is 10.2 Å². The summed E-state index contributed by atoms with van der Waals surface area (Å²) in [6.07, 6.45) is 1.25. The number of hydrogen-bond donors (Lipinski definition) is 1. The van der Waals surface area contributed by atoms with Gasteiger partial charge in [-0.25, -0.2) is 4.79 Å². The van der Waals surface area contributed by atoms with Gasteiger partial charge in [-0.05, 0) is 43.0 Å². The first-order chi connectivity index (χ1) is 11.9. The van der Waals surface area contributed by atoms with Crippen molar-refractivity contribution in [3.05, 3.63) is 69.7 Å². The number of hydrogen-bond acceptors (Lipinski definition) is 2. The van der Waals surface area contributed by atoms with Crippen molar-refractivity contribution in [3.8, 4) is 0 Å². The van der Waals surface area contributed by atoms with E-state index < -0.39 is 5.54 Å². The first-order valence-electron chi connectivity index (χ1n) is 8.01. The van der Waals surface area contributed by atoms with Crippen LogP contribution in [0.3, 0.4) is 0 Å². The highest BCUT2D eigenvalue weighted by atomic mass is 35.5. The number of rotatable bonds is 5. The van der Waals surface area contributed by atoms with Crippen molar-refractivity contribution < 1.29 is 9.59 Å². The maximum atomic E-state index is 12.8. The van der Waals surface area contributed by atoms with Crippen molar-refractivity contribution in [3.63, 3.8) is 0 Å². The SMILES string of the molecule is CC1(CCc2ccccc2)NC(=O)N(Cc2ccc(Cl)c(Cl)c2)C1=O. The molecule has 2 aromatic carbocycles. The van der Waals surface area contributed by atoms with E-state index in [4.69, 9.17) is 23.2 Å². The molecule has 3 rings (SSSR count). The highest BCUT2D eigenvalue weighted by molar-refractivity contribution is 6.42. The van der Waals surface area contributed by atoms with E-state index >= 15 is 0 Å². The summed E-state index contributed by atoms with van der Waals surface area (Å²) < 4.78 is 0. The van der Waals surface area contributed by atoms with Gasteiger partial charge in [0.25, 0.3) is 5.91 Å². The monoisotopic (exact) mass is 376 g/mol. The van der Waals surface area contributed by atoms with Gasteiger partial charge in [0, 0.05) is 0 Å². The lowest BCUT2D eigenvalue weighted by molar-refractivity contribution is -0.131. The van der Waals surface area contributed by atoms with Gasteiger partial charge in [-0.2, -0.15) is 0 Å². The van der Waals surface area contributed by atoms with Crippen molar-refractivity contribution in [2.75, 3.05) is 0 Å². The van der Waals surface area contributed by atoms with Crippen LogP contribution in [-0.2, 0) is 17.8 Å². The van der Waals surface area contributed by atoms with Crippen LogP contribution in [0.4, 0.5) is 4.79 Å². The lowest BCUT2D eigenvalue weighted by Crippen LogP contribution is -2.44. The quantitative estimate of drug-likeness (QED) is 0.784. The van der Waals surface area contributed by atoms with Crippen LogP contribution in [0.25, 0.3) is 0 Å². The summed E-state index contributed by atoms with van der Waals surface area (Å²) in [5, 5.41) is 3.67. The number of benzene rings is 2. The van der Waals surface area contributed by atoms with Crippen LogP contribution < -0.4 is 5.32 Å². The fourth-order valence-corrected chi connectivity index (χ4v) is 3.24. The maximum absolute atomic E-state index is 12.8. The molecular formula is C19H18Cl2N2O2. The van der Waals surface area contributed by atoms with Crippen LogP contribution in [0.2, 0.25) is 10.0 Å². The topological polar surface area (TPSA) is 49.4 Å². The lowest BCUT2D eigenvalue weighted by Gasteiger charge is -2.21. The fraction of sp³-hybridized carbons (Fsp3) is 0.263. The molecule has 0 spiro atoms. The molecule has 1 heterocycles. The van der Waals surface area contributed by atoms with Gasteiger partial charge in [-0.1, -0.05) is 59.6 Å². The summed E-state index contributed by atoms with van der Waals surface area (Å²) in [6.45, 7) is 1.94. The van der Waals surface area contributed by atoms with Gasteiger partial charge in [-0.3, -0.25) is 9.69 Å². The zero-order chi connectivity index (χ0) is 18.0. The third-order valence-electron chi connectivity index (χ3n) is 4.43. The Bertz CT molecular complexity index is 810. The van der Waals surface area contributed by atoms with E-state index in [0.717, 1.165) is 11.1 Å². The Morgan fingerprint density at radius 2 is 1.72 bits per heavy atom. The summed E-state index contributed by atoms with van der Waals surface area (Å²) >= 11 is 11.9. The van der Waals surface area contributed by atoms with Crippen LogP contribution in [-0.4, -0.2) is 22.4 Å². The molecule has 1 N–H and O–H groups in total. The Labute approximate surface area is 156 Å². The third-order valence-corrected chi connectivity index (χ3v) is 5.17. The molecule has 1 saturated heterocycles. The first-order valence-corrected chi connectivity index (χ1v) is 8.76. The highest BCUT2D eigenvalue weighted by Crippen LogP contribution is 2.27. The Kier molecular flexibility index (Phi) is 5.02. The molecule has 0 saturated carbocycles. The molecule has 2 aromatic rings. The summed E-state index contributed by atoms with van der Waals surface area (Å²) in [5.74, 6) is -0.223. The van der Waals surface area contributed by atoms with Gasteiger partial charge in [0.05, 0.1) is 16.6 Å². The van der Waals surface area contributed by atoms with Crippen molar-refractivity contribution in [2.24, 2.45) is 0 Å². The fourth-order valence-electron chi connectivity index (χ4n) is 2.92. The zero-order valence-corrected chi connectivity index (χ0v) is 15.3. The smallest absolute Gasteiger partial charge is 0.323 e. The Balaban J connectivity index is 1.71. The standard InChI is InChI=1S/C19H18Cl2N2O2/c1-19(10-9-13-5-3-2-4-6-13)17(24)23(18(25)22-19)12-14-7-8-15(20)16(21)11-14/h2-8,11H,9-10,12H2,1H3,(H,22,25). The molecular weight excluding hydrogens is 359 g/mol. The molecule has 4 nitrogen and oxygen atoms in total. The van der Waals surface area contributed by atoms with Gasteiger partial charge in [0.15, 0.2) is 0 Å². The summed E-state index contributed by atoms with van der Waals surface area (Å²) in [7, 11) is 0. The number of amides is 3. The van der Waals surface area contributed by atoms with Crippen LogP contribution in [0.1, 0.15) is 24.5 Å². The number of urea groups is 1. The van der Waals surface area contributed by atoms with E-state index in [1.807, 2.05) is 30.3 Å². The van der Waals surface area contributed by atoms with E-state index in [9.17, 15) is 9.59 Å². The van der Waals surface area contributed by atoms with Crippen LogP contribution >= 0.6 is 23.2 Å². The normalized spacial score (nSPS) is 20.0. The molecule has 3 amide bonds. The van der Waals surface area contributed by atoms with Crippen LogP contribution in [0.15, 0.2) is 48.5 Å². The summed E-state index contributed by atoms with van der Waals surface area (Å²) in [5.41, 5.74) is 0.988. The van der Waals surface area contributed by atoms with Gasteiger partial charge in [0.1, 0.15) is 5.54 Å². The third kappa shape index (κ3) is 3.80. The number of aryl methyl sites for hydroxylation is 1. The number of carbonyl (C=O) groups excluding carboxylic acids is 2. The molecule has 6 heteroatoms. The number of carbonyl (C=O) groups is 2. The molecule has 0 aliphatic carbocycles. The molecule has 0 bridgehead atoms. The zero-order valence-electron chi connectivity index (χ0n) is 13.8. The van der Waals surface area contributed by atoms with Gasteiger partial charge < -0.3 is 5.32 Å². The molecule has 1 aliphatic rings. The second kappa shape index (κ2) is 7.06. The van der Waals surface area contributed by atoms with Crippen molar-refractivity contribution in [2.45, 2.75) is 31.8 Å². The highest BCUT2D eigenvalue weighted by Gasteiger charge is 2.47. The molecule has 0 radical (unpaired) electrons.